The van der Waals surface area contributed by atoms with Crippen LogP contribution in [0.3, 0.4) is 0 Å². The summed E-state index contributed by atoms with van der Waals surface area (Å²) in [5.74, 6) is 1.90. The lowest BCUT2D eigenvalue weighted by atomic mass is 9.55. The minimum Gasteiger partial charge on any atom is -0.371 e. The van der Waals surface area contributed by atoms with Crippen LogP contribution >= 0.6 is 0 Å². The fourth-order valence-electron chi connectivity index (χ4n) is 13.1. The van der Waals surface area contributed by atoms with E-state index in [9.17, 15) is 9.18 Å². The predicted molar refractivity (Wildman–Crippen MR) is 194 cm³/mol. The Labute approximate surface area is 313 Å². The molecule has 0 aromatic heterocycles. The highest BCUT2D eigenvalue weighted by atomic mass is 19.1. The lowest BCUT2D eigenvalue weighted by Gasteiger charge is -2.62. The van der Waals surface area contributed by atoms with Crippen LogP contribution in [-0.2, 0) is 33.9 Å². The zero-order valence-electron chi connectivity index (χ0n) is 32.5. The Morgan fingerprint density at radius 3 is 1.98 bits per heavy atom. The Balaban J connectivity index is 1.05. The quantitative estimate of drug-likeness (QED) is 0.138. The molecular weight excluding hydrogens is 679 g/mol. The molecule has 1 aromatic carbocycles. The fourth-order valence-corrected chi connectivity index (χ4v) is 13.1. The predicted octanol–water partition coefficient (Wildman–Crippen LogP) is 8.85. The molecule has 10 fully saturated rings. The average molecular weight is 739 g/mol. The molecule has 0 radical (unpaired) electrons. The normalized spacial score (nSPS) is 50.0. The molecule has 0 unspecified atom stereocenters. The number of nitrogens with one attached hydrogen (secondary N) is 1. The minimum absolute atomic E-state index is 0.0123. The van der Waals surface area contributed by atoms with E-state index in [0.717, 1.165) is 64.2 Å². The zero-order valence-corrected chi connectivity index (χ0v) is 32.5. The van der Waals surface area contributed by atoms with Crippen molar-refractivity contribution in [1.29, 1.82) is 0 Å². The summed E-state index contributed by atoms with van der Waals surface area (Å²) >= 11 is 0. The smallest absolute Gasteiger partial charge is 0.371 e. The third kappa shape index (κ3) is 5.75. The van der Waals surface area contributed by atoms with E-state index in [1.807, 2.05) is 0 Å². The van der Waals surface area contributed by atoms with Gasteiger partial charge in [0.05, 0.1) is 24.0 Å². The molecule has 2 spiro atoms. The Morgan fingerprint density at radius 2 is 1.38 bits per heavy atom. The van der Waals surface area contributed by atoms with Gasteiger partial charge in [0.2, 0.25) is 0 Å². The molecule has 6 saturated heterocycles. The van der Waals surface area contributed by atoms with E-state index in [0.29, 0.717) is 47.1 Å². The summed E-state index contributed by atoms with van der Waals surface area (Å²) in [5, 5.41) is 7.35. The Bertz CT molecular complexity index is 1620. The number of benzene rings is 1. The fraction of sp³-hybridized carbons (Fsp3) is 0.810. The van der Waals surface area contributed by atoms with Crippen LogP contribution < -0.4 is 5.32 Å². The van der Waals surface area contributed by atoms with Crippen LogP contribution in [0.5, 0.6) is 0 Å². The molecule has 1 N–H and O–H groups in total. The molecule has 292 valence electrons. The second kappa shape index (κ2) is 12.9. The van der Waals surface area contributed by atoms with E-state index in [1.165, 1.54) is 12.1 Å². The Morgan fingerprint density at radius 1 is 0.792 bits per heavy atom. The molecule has 16 atom stereocenters. The third-order valence-corrected chi connectivity index (χ3v) is 15.8. The number of hydrogen-bond acceptors (Lipinski definition) is 9. The van der Waals surface area contributed by atoms with Gasteiger partial charge in [-0.05, 0) is 143 Å². The largest absolute Gasteiger partial charge is 0.437 e. The molecule has 4 saturated carbocycles. The van der Waals surface area contributed by atoms with E-state index in [4.69, 9.17) is 33.9 Å². The van der Waals surface area contributed by atoms with Crippen LogP contribution in [0, 0.1) is 60.1 Å². The summed E-state index contributed by atoms with van der Waals surface area (Å²) in [6, 6.07) is 4.38. The summed E-state index contributed by atoms with van der Waals surface area (Å²) in [7, 11) is 0. The van der Waals surface area contributed by atoms with Gasteiger partial charge in [-0.2, -0.15) is 0 Å². The van der Waals surface area contributed by atoms with Crippen molar-refractivity contribution >= 4 is 17.5 Å². The van der Waals surface area contributed by atoms with Crippen LogP contribution in [0.25, 0.3) is 0 Å². The number of carbonyl (C=O) groups is 1. The highest BCUT2D eigenvalue weighted by Crippen LogP contribution is 2.63. The lowest BCUT2D eigenvalue weighted by Crippen LogP contribution is -2.71. The van der Waals surface area contributed by atoms with E-state index in [-0.39, 0.29) is 42.0 Å². The van der Waals surface area contributed by atoms with Gasteiger partial charge >= 0.3 is 6.09 Å². The maximum absolute atomic E-state index is 14.2. The number of ether oxygens (including phenoxy) is 2. The van der Waals surface area contributed by atoms with E-state index < -0.39 is 40.4 Å². The van der Waals surface area contributed by atoms with Crippen LogP contribution in [0.1, 0.15) is 118 Å². The molecule has 11 rings (SSSR count). The van der Waals surface area contributed by atoms with Crippen LogP contribution in [0.15, 0.2) is 23.4 Å². The first kappa shape index (κ1) is 36.5. The van der Waals surface area contributed by atoms with Crippen LogP contribution in [0.2, 0.25) is 0 Å². The number of oxime groups is 1. The van der Waals surface area contributed by atoms with E-state index >= 15 is 0 Å². The maximum Gasteiger partial charge on any atom is 0.437 e. The van der Waals surface area contributed by atoms with Crippen molar-refractivity contribution in [3.8, 4) is 0 Å². The van der Waals surface area contributed by atoms with Gasteiger partial charge in [0.1, 0.15) is 34.3 Å². The second-order valence-corrected chi connectivity index (χ2v) is 19.2. The van der Waals surface area contributed by atoms with Crippen molar-refractivity contribution in [2.24, 2.45) is 52.5 Å². The third-order valence-electron chi connectivity index (χ3n) is 15.8. The van der Waals surface area contributed by atoms with Crippen molar-refractivity contribution in [3.63, 3.8) is 0 Å². The van der Waals surface area contributed by atoms with Crippen molar-refractivity contribution < 1.29 is 43.0 Å². The van der Waals surface area contributed by atoms with Crippen LogP contribution in [-0.4, -0.2) is 58.6 Å². The second-order valence-electron chi connectivity index (χ2n) is 19.2. The summed E-state index contributed by atoms with van der Waals surface area (Å²) in [5.41, 5.74) is -0.153. The van der Waals surface area contributed by atoms with Gasteiger partial charge < -0.3 is 9.47 Å². The number of hydrogen-bond donors (Lipinski definition) is 1. The summed E-state index contributed by atoms with van der Waals surface area (Å²) in [4.78, 5) is 44.7. The molecule has 1 aromatic rings. The monoisotopic (exact) mass is 738 g/mol. The number of fused-ring (bicyclic) bond motifs is 4. The average Bonchev–Trinajstić information content (AvgIpc) is 3.48. The van der Waals surface area contributed by atoms with Gasteiger partial charge in [-0.25, -0.2) is 28.7 Å². The van der Waals surface area contributed by atoms with Crippen molar-refractivity contribution in [3.05, 3.63) is 29.6 Å². The maximum atomic E-state index is 14.2. The van der Waals surface area contributed by atoms with Gasteiger partial charge in [0.15, 0.2) is 0 Å². The molecule has 6 heterocycles. The molecular formula is C42H59FN2O8. The Kier molecular flexibility index (Phi) is 8.91. The molecule has 4 bridgehead atoms. The summed E-state index contributed by atoms with van der Waals surface area (Å²) in [6.07, 6.45) is 8.62. The molecule has 10 aliphatic rings. The first-order valence-corrected chi connectivity index (χ1v) is 20.6. The summed E-state index contributed by atoms with van der Waals surface area (Å²) in [6.45, 7) is 15.3. The molecule has 1 amide bonds. The topological polar surface area (TPSA) is 106 Å². The molecule has 53 heavy (non-hydrogen) atoms. The summed E-state index contributed by atoms with van der Waals surface area (Å²) < 4.78 is 28.7. The van der Waals surface area contributed by atoms with Crippen molar-refractivity contribution in [2.45, 2.75) is 166 Å². The number of anilines is 1. The molecule has 11 heteroatoms. The number of amides is 1. The minimum atomic E-state index is -0.781. The standard InChI is InChI=1S/C42H59FN2O8/c1-22-16-27(43)18-28(17-22)44-38(46)49-45-33(37-26(5)32-11-9-24(3)30-13-15-40(7)21-36(48-37)42(30,32)53-51-40)19-34-25(4)31-10-8-23(2)29-12-14-39(6)20-35(47-34)41(29,31)52-50-39/h16-18,23-26,29-32,34-37H,8-15,19-21H2,1-7H3,(H,44,46)/b45-33-/t23-,24-,25-,26-,29+,30+,31+,32+,34-,35-,36-,37+,39+,40+,41-,42-/m1/s1. The molecule has 6 aliphatic heterocycles. The highest BCUT2D eigenvalue weighted by molar-refractivity contribution is 5.91. The Hall–Kier alpha value is -2.15. The zero-order chi connectivity index (χ0) is 37.1. The SMILES string of the molecule is Cc1cc(F)cc(NC(=O)O/N=C(/C[C@H]2O[C@@H]3C[C@]4(C)CC[C@H]5[C@H](C)CC[C@@H]([C@H]2C)[C@@]35OO4)[C@H]2O[C@@H]3C[C@]4(C)CC[C@H]5[C@H](C)CC[C@@H]([C@H]2C)[C@@]35OO4)c1. The van der Waals surface area contributed by atoms with Gasteiger partial charge in [-0.3, -0.25) is 10.2 Å². The lowest BCUT2D eigenvalue weighted by molar-refractivity contribution is -0.487. The van der Waals surface area contributed by atoms with Gasteiger partial charge in [0.25, 0.3) is 0 Å². The van der Waals surface area contributed by atoms with Crippen molar-refractivity contribution in [1.82, 2.24) is 0 Å². The first-order chi connectivity index (χ1) is 25.2. The van der Waals surface area contributed by atoms with Gasteiger partial charge in [-0.1, -0.05) is 32.9 Å². The van der Waals surface area contributed by atoms with Crippen LogP contribution in [0.4, 0.5) is 14.9 Å². The molecule has 4 aliphatic carbocycles. The number of halogens is 1. The van der Waals surface area contributed by atoms with Crippen molar-refractivity contribution in [2.75, 3.05) is 5.32 Å². The molecule has 10 nitrogen and oxygen atoms in total. The number of carbonyl (C=O) groups excluding carboxylic acids is 1. The highest BCUT2D eigenvalue weighted by Gasteiger charge is 2.70. The number of aryl methyl sites for hydroxylation is 1. The number of nitrogens with zero attached hydrogens (tertiary/aromatic N) is 1. The van der Waals surface area contributed by atoms with E-state index in [1.54, 1.807) is 13.0 Å². The van der Waals surface area contributed by atoms with Gasteiger partial charge in [0, 0.05) is 24.9 Å². The van der Waals surface area contributed by atoms with E-state index in [2.05, 4.69) is 52.0 Å². The number of rotatable bonds is 5. The van der Waals surface area contributed by atoms with Gasteiger partial charge in [-0.15, -0.1) is 0 Å². The first-order valence-electron chi connectivity index (χ1n) is 20.6.